The maximum Gasteiger partial charge on any atom is 0.407 e. The van der Waals surface area contributed by atoms with Gasteiger partial charge in [-0.25, -0.2) is 18.6 Å². The van der Waals surface area contributed by atoms with Gasteiger partial charge in [0.15, 0.2) is 6.17 Å². The van der Waals surface area contributed by atoms with Gasteiger partial charge in [-0.3, -0.25) is 4.79 Å². The average Bonchev–Trinajstić information content (AvgIpc) is 3.52. The number of halogens is 2. The molecule has 2 N–H and O–H groups in total. The standard InChI is InChI=1S/C22H20F2N4O4/c23-16-9-15(16)21(29)27-20-8-13(3-5-26-20)12-1-2-18(14(7-12)10-25)32-19-4-6-28(22(30)31)11-17(19)24/h1-3,5,7-8,15-17,19H,4,6,9,11H2,(H,30,31)(H,26,27,29)/t15-,16+,17+,19-/m0/s1. The molecule has 0 unspecified atom stereocenters. The molecule has 32 heavy (non-hydrogen) atoms. The third-order valence-electron chi connectivity index (χ3n) is 5.52. The Morgan fingerprint density at radius 2 is 1.97 bits per heavy atom. The lowest BCUT2D eigenvalue weighted by Gasteiger charge is -2.33. The molecule has 4 atom stereocenters. The predicted octanol–water partition coefficient (Wildman–Crippen LogP) is 3.39. The van der Waals surface area contributed by atoms with Crippen molar-refractivity contribution in [2.75, 3.05) is 18.4 Å². The SMILES string of the molecule is N#Cc1cc(-c2ccnc(NC(=O)[C@H]3C[C@H]3F)c2)ccc1O[C@H]1CCN(C(=O)O)C[C@H]1F. The van der Waals surface area contributed by atoms with Crippen molar-refractivity contribution in [2.45, 2.75) is 31.3 Å². The van der Waals surface area contributed by atoms with Crippen molar-refractivity contribution >= 4 is 17.8 Å². The first-order valence-electron chi connectivity index (χ1n) is 10.1. The van der Waals surface area contributed by atoms with E-state index < -0.39 is 36.4 Å². The number of carbonyl (C=O) groups is 2. The number of hydrogen-bond donors (Lipinski definition) is 2. The molecule has 2 fully saturated rings. The molecule has 2 aliphatic rings. The van der Waals surface area contributed by atoms with Gasteiger partial charge in [-0.2, -0.15) is 5.26 Å². The van der Waals surface area contributed by atoms with Crippen LogP contribution in [0.5, 0.6) is 5.75 Å². The Labute approximate surface area is 182 Å². The average molecular weight is 442 g/mol. The van der Waals surface area contributed by atoms with Gasteiger partial charge in [0.05, 0.1) is 18.0 Å². The number of ether oxygens (including phenoxy) is 1. The third kappa shape index (κ3) is 4.61. The number of alkyl halides is 2. The maximum absolute atomic E-state index is 14.4. The van der Waals surface area contributed by atoms with Crippen molar-refractivity contribution in [3.05, 3.63) is 42.1 Å². The Bertz CT molecular complexity index is 1090. The summed E-state index contributed by atoms with van der Waals surface area (Å²) in [5.74, 6) is -0.573. The largest absolute Gasteiger partial charge is 0.486 e. The molecule has 1 saturated carbocycles. The summed E-state index contributed by atoms with van der Waals surface area (Å²) in [4.78, 5) is 28.0. The first-order chi connectivity index (χ1) is 15.4. The fourth-order valence-corrected chi connectivity index (χ4v) is 3.59. The van der Waals surface area contributed by atoms with Crippen molar-refractivity contribution in [1.82, 2.24) is 9.88 Å². The van der Waals surface area contributed by atoms with Crippen LogP contribution in [0.15, 0.2) is 36.5 Å². The van der Waals surface area contributed by atoms with Crippen molar-refractivity contribution < 1.29 is 28.2 Å². The summed E-state index contributed by atoms with van der Waals surface area (Å²) in [5.41, 5.74) is 1.51. The number of likely N-dealkylation sites (tertiary alicyclic amines) is 1. The number of pyridine rings is 1. The molecule has 10 heteroatoms. The van der Waals surface area contributed by atoms with Crippen LogP contribution in [-0.2, 0) is 4.79 Å². The Balaban J connectivity index is 1.48. The number of nitriles is 1. The van der Waals surface area contributed by atoms with E-state index in [0.717, 1.165) is 4.90 Å². The van der Waals surface area contributed by atoms with Gasteiger partial charge in [0.1, 0.15) is 29.9 Å². The van der Waals surface area contributed by atoms with E-state index in [1.54, 1.807) is 30.3 Å². The van der Waals surface area contributed by atoms with Crippen LogP contribution in [0, 0.1) is 17.2 Å². The lowest BCUT2D eigenvalue weighted by molar-refractivity contribution is -0.117. The number of amides is 2. The molecule has 1 aromatic carbocycles. The first kappa shape index (κ1) is 21.5. The van der Waals surface area contributed by atoms with Gasteiger partial charge in [0.2, 0.25) is 5.91 Å². The Morgan fingerprint density at radius 1 is 1.22 bits per heavy atom. The van der Waals surface area contributed by atoms with Crippen molar-refractivity contribution in [3.63, 3.8) is 0 Å². The van der Waals surface area contributed by atoms with E-state index >= 15 is 0 Å². The van der Waals surface area contributed by atoms with Crippen LogP contribution in [0.3, 0.4) is 0 Å². The molecule has 1 aromatic heterocycles. The molecule has 4 rings (SSSR count). The van der Waals surface area contributed by atoms with Crippen LogP contribution in [0.25, 0.3) is 11.1 Å². The topological polar surface area (TPSA) is 116 Å². The highest BCUT2D eigenvalue weighted by Gasteiger charge is 2.43. The summed E-state index contributed by atoms with van der Waals surface area (Å²) in [5, 5.41) is 21.1. The lowest BCUT2D eigenvalue weighted by atomic mass is 10.0. The van der Waals surface area contributed by atoms with Gasteiger partial charge in [0, 0.05) is 19.2 Å². The number of rotatable bonds is 5. The second-order valence-electron chi connectivity index (χ2n) is 7.79. The number of piperidine rings is 1. The number of anilines is 1. The second kappa shape index (κ2) is 8.78. The Kier molecular flexibility index (Phi) is 5.90. The number of carboxylic acid groups (broad SMARTS) is 1. The molecule has 2 amide bonds. The number of carbonyl (C=O) groups excluding carboxylic acids is 1. The molecule has 0 bridgehead atoms. The summed E-state index contributed by atoms with van der Waals surface area (Å²) >= 11 is 0. The molecular formula is C22H20F2N4O4. The van der Waals surface area contributed by atoms with E-state index in [0.29, 0.717) is 11.1 Å². The van der Waals surface area contributed by atoms with Gasteiger partial charge < -0.3 is 20.1 Å². The molecule has 2 heterocycles. The summed E-state index contributed by atoms with van der Waals surface area (Å²) in [6.07, 6.45) is -2.76. The highest BCUT2D eigenvalue weighted by Crippen LogP contribution is 2.35. The number of nitrogens with zero attached hydrogens (tertiary/aromatic N) is 3. The summed E-state index contributed by atoms with van der Waals surface area (Å²) in [7, 11) is 0. The van der Waals surface area contributed by atoms with E-state index in [9.17, 15) is 23.6 Å². The van der Waals surface area contributed by atoms with Gasteiger partial charge in [-0.15, -0.1) is 0 Å². The van der Waals surface area contributed by atoms with E-state index in [1.807, 2.05) is 6.07 Å². The van der Waals surface area contributed by atoms with Gasteiger partial charge in [-0.05, 0) is 41.8 Å². The van der Waals surface area contributed by atoms with Crippen LogP contribution in [0.2, 0.25) is 0 Å². The smallest absolute Gasteiger partial charge is 0.407 e. The summed E-state index contributed by atoms with van der Waals surface area (Å²) in [6.45, 7) is -0.134. The molecule has 1 aliphatic carbocycles. The highest BCUT2D eigenvalue weighted by atomic mass is 19.1. The van der Waals surface area contributed by atoms with Gasteiger partial charge >= 0.3 is 6.09 Å². The zero-order valence-electron chi connectivity index (χ0n) is 16.9. The molecule has 8 nitrogen and oxygen atoms in total. The van der Waals surface area contributed by atoms with Crippen molar-refractivity contribution in [3.8, 4) is 22.9 Å². The van der Waals surface area contributed by atoms with E-state index in [1.165, 1.54) is 6.20 Å². The van der Waals surface area contributed by atoms with Crippen molar-refractivity contribution in [1.29, 1.82) is 5.26 Å². The van der Waals surface area contributed by atoms with Crippen LogP contribution < -0.4 is 10.1 Å². The highest BCUT2D eigenvalue weighted by molar-refractivity contribution is 5.94. The van der Waals surface area contributed by atoms with Crippen LogP contribution in [0.1, 0.15) is 18.4 Å². The molecule has 1 aliphatic heterocycles. The maximum atomic E-state index is 14.4. The molecular weight excluding hydrogens is 422 g/mol. The zero-order chi connectivity index (χ0) is 22.8. The summed E-state index contributed by atoms with van der Waals surface area (Å²) < 4.78 is 33.2. The normalized spacial score (nSPS) is 24.3. The zero-order valence-corrected chi connectivity index (χ0v) is 16.9. The second-order valence-corrected chi connectivity index (χ2v) is 7.79. The summed E-state index contributed by atoms with van der Waals surface area (Å²) in [6, 6.07) is 10.2. The number of benzene rings is 1. The monoisotopic (exact) mass is 442 g/mol. The fourth-order valence-electron chi connectivity index (χ4n) is 3.59. The predicted molar refractivity (Wildman–Crippen MR) is 110 cm³/mol. The third-order valence-corrected chi connectivity index (χ3v) is 5.52. The van der Waals surface area contributed by atoms with Gasteiger partial charge in [0.25, 0.3) is 0 Å². The van der Waals surface area contributed by atoms with Crippen LogP contribution in [0.4, 0.5) is 19.4 Å². The number of aromatic nitrogens is 1. The van der Waals surface area contributed by atoms with E-state index in [4.69, 9.17) is 9.84 Å². The van der Waals surface area contributed by atoms with E-state index in [2.05, 4.69) is 10.3 Å². The number of nitrogens with one attached hydrogen (secondary N) is 1. The molecule has 166 valence electrons. The molecule has 0 radical (unpaired) electrons. The number of hydrogen-bond acceptors (Lipinski definition) is 5. The van der Waals surface area contributed by atoms with E-state index in [-0.39, 0.29) is 43.1 Å². The van der Waals surface area contributed by atoms with Gasteiger partial charge in [-0.1, -0.05) is 6.07 Å². The minimum absolute atomic E-state index is 0.149. The quantitative estimate of drug-likeness (QED) is 0.734. The molecule has 2 aromatic rings. The minimum atomic E-state index is -1.51. The first-order valence-corrected chi connectivity index (χ1v) is 10.1. The minimum Gasteiger partial charge on any atom is -0.486 e. The Hall–Kier alpha value is -3.74. The Morgan fingerprint density at radius 3 is 2.62 bits per heavy atom. The molecule has 0 spiro atoms. The lowest BCUT2D eigenvalue weighted by Crippen LogP contribution is -2.48. The van der Waals surface area contributed by atoms with Crippen LogP contribution >= 0.6 is 0 Å². The molecule has 1 saturated heterocycles. The fraction of sp³-hybridized carbons (Fsp3) is 0.364. The van der Waals surface area contributed by atoms with Crippen molar-refractivity contribution in [2.24, 2.45) is 5.92 Å². The van der Waals surface area contributed by atoms with Crippen LogP contribution in [-0.4, -0.2) is 58.5 Å².